The zero-order valence-electron chi connectivity index (χ0n) is 18.4. The van der Waals surface area contributed by atoms with E-state index in [1.165, 1.54) is 24.3 Å². The van der Waals surface area contributed by atoms with Gasteiger partial charge in [0.25, 0.3) is 5.91 Å². The van der Waals surface area contributed by atoms with E-state index >= 15 is 0 Å². The van der Waals surface area contributed by atoms with Gasteiger partial charge in [-0.05, 0) is 72.9 Å². The minimum Gasteiger partial charge on any atom is -0.497 e. The number of hydrogen-bond donors (Lipinski definition) is 2. The van der Waals surface area contributed by atoms with Crippen LogP contribution in [-0.2, 0) is 0 Å². The molecule has 2 N–H and O–H groups in total. The number of methoxy groups -OCH3 is 1. The van der Waals surface area contributed by atoms with Gasteiger partial charge in [0.2, 0.25) is 0 Å². The first kappa shape index (κ1) is 23.8. The molecule has 0 saturated carbocycles. The Morgan fingerprint density at radius 1 is 0.971 bits per heavy atom. The molecular weight excluding hydrogens is 474 g/mol. The highest BCUT2D eigenvalue weighted by atomic mass is 32.1. The first-order valence-corrected chi connectivity index (χ1v) is 10.8. The molecule has 1 heterocycles. The van der Waals surface area contributed by atoms with E-state index in [1.54, 1.807) is 30.1 Å². The zero-order valence-corrected chi connectivity index (χ0v) is 19.3. The fourth-order valence-electron chi connectivity index (χ4n) is 3.27. The van der Waals surface area contributed by atoms with Crippen molar-refractivity contribution in [1.29, 1.82) is 0 Å². The number of benzene rings is 3. The Morgan fingerprint density at radius 3 is 2.26 bits per heavy atom. The summed E-state index contributed by atoms with van der Waals surface area (Å²) in [7, 11) is 1.57. The van der Waals surface area contributed by atoms with Gasteiger partial charge in [0.1, 0.15) is 17.2 Å². The van der Waals surface area contributed by atoms with Gasteiger partial charge in [0.15, 0.2) is 5.11 Å². The number of amides is 1. The molecule has 3 aromatic carbocycles. The summed E-state index contributed by atoms with van der Waals surface area (Å²) in [6, 6.07) is 22.3. The van der Waals surface area contributed by atoms with Crippen LogP contribution in [0.4, 0.5) is 14.5 Å². The molecule has 4 aromatic rings. The third-order valence-corrected chi connectivity index (χ3v) is 5.11. The Kier molecular flexibility index (Phi) is 7.32. The smallest absolute Gasteiger partial charge is 0.387 e. The van der Waals surface area contributed by atoms with E-state index in [0.29, 0.717) is 22.7 Å². The molecule has 0 atom stereocenters. The monoisotopic (exact) mass is 494 g/mol. The molecule has 10 heteroatoms. The first-order valence-electron chi connectivity index (χ1n) is 10.4. The number of nitrogens with zero attached hydrogens (tertiary/aromatic N) is 2. The molecule has 0 bridgehead atoms. The van der Waals surface area contributed by atoms with Crippen LogP contribution in [0.1, 0.15) is 10.4 Å². The highest BCUT2D eigenvalue weighted by molar-refractivity contribution is 7.80. The fourth-order valence-corrected chi connectivity index (χ4v) is 3.48. The van der Waals surface area contributed by atoms with Crippen LogP contribution in [-0.4, -0.2) is 34.5 Å². The van der Waals surface area contributed by atoms with Gasteiger partial charge < -0.3 is 14.8 Å². The fraction of sp³-hybridized carbons (Fsp3) is 0.0800. The van der Waals surface area contributed by atoms with E-state index in [4.69, 9.17) is 17.0 Å². The molecule has 0 aliphatic rings. The maximum Gasteiger partial charge on any atom is 0.387 e. The van der Waals surface area contributed by atoms with Crippen molar-refractivity contribution >= 4 is 28.9 Å². The Bertz CT molecular complexity index is 1310. The quantitative estimate of drug-likeness (QED) is 0.341. The Balaban J connectivity index is 1.55. The third-order valence-electron chi connectivity index (χ3n) is 4.91. The lowest BCUT2D eigenvalue weighted by atomic mass is 10.1. The second kappa shape index (κ2) is 10.7. The molecule has 1 aromatic heterocycles. The van der Waals surface area contributed by atoms with Crippen molar-refractivity contribution in [2.75, 3.05) is 12.4 Å². The minimum absolute atomic E-state index is 0.0120. The Hall–Kier alpha value is -4.31. The molecule has 0 spiro atoms. The highest BCUT2D eigenvalue weighted by Gasteiger charge is 2.20. The van der Waals surface area contributed by atoms with Crippen LogP contribution in [0.3, 0.4) is 0 Å². The Labute approximate surface area is 205 Å². The van der Waals surface area contributed by atoms with E-state index in [1.807, 2.05) is 42.5 Å². The number of alkyl halides is 2. The number of hydrogen-bond acceptors (Lipinski definition) is 5. The largest absolute Gasteiger partial charge is 0.497 e. The molecule has 0 saturated heterocycles. The SMILES string of the molecule is COc1ccc(-c2nn(-c3ccccc3)cc2C(=O)NC(=S)Nc2ccc(OC(F)F)cc2)cc1. The molecule has 0 fully saturated rings. The number of nitrogens with one attached hydrogen (secondary N) is 2. The predicted octanol–water partition coefficient (Wildman–Crippen LogP) is 5.28. The van der Waals surface area contributed by atoms with Crippen LogP contribution in [0.5, 0.6) is 11.5 Å². The van der Waals surface area contributed by atoms with Crippen molar-refractivity contribution in [3.63, 3.8) is 0 Å². The molecule has 0 unspecified atom stereocenters. The molecule has 4 rings (SSSR count). The number of para-hydroxylation sites is 1. The molecule has 0 radical (unpaired) electrons. The Morgan fingerprint density at radius 2 is 1.63 bits per heavy atom. The summed E-state index contributed by atoms with van der Waals surface area (Å²) in [6.45, 7) is -2.91. The van der Waals surface area contributed by atoms with Crippen LogP contribution < -0.4 is 20.1 Å². The van der Waals surface area contributed by atoms with Gasteiger partial charge in [0, 0.05) is 17.4 Å². The van der Waals surface area contributed by atoms with Crippen LogP contribution in [0, 0.1) is 0 Å². The van der Waals surface area contributed by atoms with Crippen molar-refractivity contribution in [3.05, 3.63) is 90.6 Å². The molecule has 35 heavy (non-hydrogen) atoms. The average molecular weight is 495 g/mol. The van der Waals surface area contributed by atoms with E-state index < -0.39 is 12.5 Å². The molecule has 0 aliphatic carbocycles. The standard InChI is InChI=1S/C25H20F2N4O3S/c1-33-19-11-7-16(8-12-19)22-21(15-31(30-22)18-5-3-2-4-6-18)23(32)29-25(35)28-17-9-13-20(14-10-17)34-24(26)27/h2-15,24H,1H3,(H2,28,29,32,35). The van der Waals surface area contributed by atoms with E-state index in [2.05, 4.69) is 20.5 Å². The number of aromatic nitrogens is 2. The van der Waals surface area contributed by atoms with Gasteiger partial charge >= 0.3 is 6.61 Å². The highest BCUT2D eigenvalue weighted by Crippen LogP contribution is 2.26. The average Bonchev–Trinajstić information content (AvgIpc) is 3.31. The van der Waals surface area contributed by atoms with Crippen LogP contribution in [0.15, 0.2) is 85.1 Å². The minimum atomic E-state index is -2.91. The molecule has 7 nitrogen and oxygen atoms in total. The summed E-state index contributed by atoms with van der Waals surface area (Å²) >= 11 is 5.27. The van der Waals surface area contributed by atoms with Crippen molar-refractivity contribution in [2.45, 2.75) is 6.61 Å². The summed E-state index contributed by atoms with van der Waals surface area (Å²) < 4.78 is 35.8. The maximum atomic E-state index is 13.2. The third kappa shape index (κ3) is 5.98. The molecule has 1 amide bonds. The predicted molar refractivity (Wildman–Crippen MR) is 132 cm³/mol. The normalized spacial score (nSPS) is 10.6. The van der Waals surface area contributed by atoms with Crippen molar-refractivity contribution in [3.8, 4) is 28.4 Å². The summed E-state index contributed by atoms with van der Waals surface area (Å²) in [5, 5.41) is 10.2. The van der Waals surface area contributed by atoms with Crippen LogP contribution in [0.25, 0.3) is 16.9 Å². The van der Waals surface area contributed by atoms with Gasteiger partial charge in [-0.25, -0.2) is 4.68 Å². The number of carbonyl (C=O) groups is 1. The number of halogens is 2. The lowest BCUT2D eigenvalue weighted by Gasteiger charge is -2.10. The number of anilines is 1. The topological polar surface area (TPSA) is 77.4 Å². The van der Waals surface area contributed by atoms with Crippen molar-refractivity contribution in [2.24, 2.45) is 0 Å². The number of carbonyl (C=O) groups excluding carboxylic acids is 1. The number of rotatable bonds is 7. The second-order valence-corrected chi connectivity index (χ2v) is 7.62. The lowest BCUT2D eigenvalue weighted by molar-refractivity contribution is -0.0498. The summed E-state index contributed by atoms with van der Waals surface area (Å²) in [6.07, 6.45) is 1.63. The summed E-state index contributed by atoms with van der Waals surface area (Å²) in [4.78, 5) is 13.2. The molecule has 178 valence electrons. The van der Waals surface area contributed by atoms with Crippen molar-refractivity contribution < 1.29 is 23.0 Å². The van der Waals surface area contributed by atoms with Gasteiger partial charge in [-0.1, -0.05) is 18.2 Å². The summed E-state index contributed by atoms with van der Waals surface area (Å²) in [5.74, 6) is 0.226. The zero-order chi connectivity index (χ0) is 24.8. The number of ether oxygens (including phenoxy) is 2. The first-order chi connectivity index (χ1) is 16.9. The molecular formula is C25H20F2N4O3S. The van der Waals surface area contributed by atoms with Crippen molar-refractivity contribution in [1.82, 2.24) is 15.1 Å². The molecule has 0 aliphatic heterocycles. The van der Waals surface area contributed by atoms with Gasteiger partial charge in [-0.15, -0.1) is 0 Å². The van der Waals surface area contributed by atoms with Crippen LogP contribution >= 0.6 is 12.2 Å². The lowest BCUT2D eigenvalue weighted by Crippen LogP contribution is -2.34. The van der Waals surface area contributed by atoms with Gasteiger partial charge in [-0.2, -0.15) is 13.9 Å². The number of thiocarbonyl (C=S) groups is 1. The summed E-state index contributed by atoms with van der Waals surface area (Å²) in [5.41, 5.74) is 2.77. The maximum absolute atomic E-state index is 13.2. The van der Waals surface area contributed by atoms with Gasteiger partial charge in [-0.3, -0.25) is 10.1 Å². The second-order valence-electron chi connectivity index (χ2n) is 7.21. The van der Waals surface area contributed by atoms with E-state index in [-0.39, 0.29) is 10.9 Å². The van der Waals surface area contributed by atoms with E-state index in [9.17, 15) is 13.6 Å². The van der Waals surface area contributed by atoms with Gasteiger partial charge in [0.05, 0.1) is 18.4 Å². The van der Waals surface area contributed by atoms with Crippen LogP contribution in [0.2, 0.25) is 0 Å². The van der Waals surface area contributed by atoms with E-state index in [0.717, 1.165) is 11.3 Å².